The van der Waals surface area contributed by atoms with E-state index in [9.17, 15) is 18.6 Å². The van der Waals surface area contributed by atoms with E-state index in [1.165, 1.54) is 0 Å². The number of carbonyl (C=O) groups is 1. The van der Waals surface area contributed by atoms with Gasteiger partial charge in [-0.3, -0.25) is 0 Å². The van der Waals surface area contributed by atoms with Crippen LogP contribution in [-0.4, -0.2) is 38.4 Å². The fourth-order valence-electron chi connectivity index (χ4n) is 1.05. The van der Waals surface area contributed by atoms with Crippen molar-refractivity contribution in [1.29, 1.82) is 0 Å². The van der Waals surface area contributed by atoms with Gasteiger partial charge in [0.15, 0.2) is 0 Å². The summed E-state index contributed by atoms with van der Waals surface area (Å²) < 4.78 is 27.9. The van der Waals surface area contributed by atoms with E-state index in [0.717, 1.165) is 12.1 Å². The molecule has 0 aromatic heterocycles. The molecular weight excluding hydrogens is 285 g/mol. The van der Waals surface area contributed by atoms with Gasteiger partial charge in [-0.15, -0.1) is 0 Å². The molecule has 1 aromatic carbocycles. The number of hydrogen-bond donors (Lipinski definition) is 3. The van der Waals surface area contributed by atoms with Crippen LogP contribution in [0.1, 0.15) is 10.4 Å². The van der Waals surface area contributed by atoms with Crippen LogP contribution in [0.2, 0.25) is 0 Å². The van der Waals surface area contributed by atoms with Crippen molar-refractivity contribution in [3.05, 3.63) is 33.9 Å². The Kier molecular flexibility index (Phi) is 3.18. The number of nitro benzene ring substituents is 1. The number of rotatable bonds is 3. The summed E-state index contributed by atoms with van der Waals surface area (Å²) in [6.07, 6.45) is 0. The van der Waals surface area contributed by atoms with Crippen molar-refractivity contribution in [3.8, 4) is 0 Å². The van der Waals surface area contributed by atoms with Crippen LogP contribution in [0.15, 0.2) is 18.2 Å². The Morgan fingerprint density at radius 2 is 1.94 bits per heavy atom. The molecule has 0 spiro atoms. The van der Waals surface area contributed by atoms with Crippen molar-refractivity contribution in [2.45, 2.75) is 0 Å². The third-order valence-corrected chi connectivity index (χ3v) is 3.84. The first-order chi connectivity index (χ1) is 7.23. The molecule has 1 rings (SSSR count). The van der Waals surface area contributed by atoms with Crippen LogP contribution in [0.3, 0.4) is 0 Å². The molecule has 9 heteroatoms. The maximum atomic E-state index is 10.9. The van der Waals surface area contributed by atoms with Crippen molar-refractivity contribution in [2.75, 3.05) is 0 Å². The van der Waals surface area contributed by atoms with Crippen LogP contribution in [0.5, 0.6) is 0 Å². The molecule has 16 heavy (non-hydrogen) atoms. The van der Waals surface area contributed by atoms with Gasteiger partial charge in [0.1, 0.15) is 0 Å². The van der Waals surface area contributed by atoms with Gasteiger partial charge in [-0.1, -0.05) is 0 Å². The average molecular weight is 291 g/mol. The monoisotopic (exact) mass is 291 g/mol. The minimum atomic E-state index is -5.43. The van der Waals surface area contributed by atoms with E-state index in [1.807, 2.05) is 0 Å². The van der Waals surface area contributed by atoms with E-state index in [-0.39, 0.29) is 0 Å². The van der Waals surface area contributed by atoms with Gasteiger partial charge < -0.3 is 0 Å². The molecule has 86 valence electrons. The molecular formula is C7H6AsNO7. The summed E-state index contributed by atoms with van der Waals surface area (Å²) in [5.41, 5.74) is -1.29. The third-order valence-electron chi connectivity index (χ3n) is 1.73. The summed E-state index contributed by atoms with van der Waals surface area (Å²) >= 11 is -5.43. The second-order valence-electron chi connectivity index (χ2n) is 2.81. The Balaban J connectivity index is 3.49. The van der Waals surface area contributed by atoms with E-state index < -0.39 is 40.7 Å². The molecule has 0 aliphatic carbocycles. The number of hydrogen-bond acceptors (Lipinski definition) is 4. The Morgan fingerprint density at radius 1 is 1.38 bits per heavy atom. The number of benzene rings is 1. The molecule has 0 saturated carbocycles. The molecule has 0 atom stereocenters. The first-order valence-electron chi connectivity index (χ1n) is 3.81. The van der Waals surface area contributed by atoms with E-state index in [1.54, 1.807) is 0 Å². The zero-order valence-electron chi connectivity index (χ0n) is 7.60. The van der Waals surface area contributed by atoms with Gasteiger partial charge in [0.05, 0.1) is 0 Å². The molecule has 1 aromatic rings. The van der Waals surface area contributed by atoms with Gasteiger partial charge in [-0.25, -0.2) is 0 Å². The number of carboxylic acid groups (broad SMARTS) is 1. The number of nitrogens with zero attached hydrogens (tertiary/aromatic N) is 1. The summed E-state index contributed by atoms with van der Waals surface area (Å²) in [7, 11) is 0. The van der Waals surface area contributed by atoms with Gasteiger partial charge in [-0.05, 0) is 0 Å². The summed E-state index contributed by atoms with van der Waals surface area (Å²) in [6.45, 7) is 0. The van der Waals surface area contributed by atoms with Crippen LogP contribution in [0.4, 0.5) is 5.69 Å². The van der Waals surface area contributed by atoms with Crippen LogP contribution in [0, 0.1) is 10.1 Å². The molecule has 0 heterocycles. The van der Waals surface area contributed by atoms with Gasteiger partial charge in [-0.2, -0.15) is 0 Å². The van der Waals surface area contributed by atoms with Gasteiger partial charge in [0.2, 0.25) is 0 Å². The van der Waals surface area contributed by atoms with Gasteiger partial charge in [0.25, 0.3) is 0 Å². The van der Waals surface area contributed by atoms with Crippen molar-refractivity contribution in [2.24, 2.45) is 0 Å². The molecule has 0 unspecified atom stereocenters. The van der Waals surface area contributed by atoms with E-state index in [2.05, 4.69) is 0 Å². The van der Waals surface area contributed by atoms with E-state index in [0.29, 0.717) is 6.07 Å². The second kappa shape index (κ2) is 4.09. The normalized spacial score (nSPS) is 11.1. The van der Waals surface area contributed by atoms with E-state index >= 15 is 0 Å². The second-order valence-corrected chi connectivity index (χ2v) is 6.10. The van der Waals surface area contributed by atoms with Crippen molar-refractivity contribution in [1.82, 2.24) is 0 Å². The summed E-state index contributed by atoms with van der Waals surface area (Å²) in [6, 6.07) is 2.30. The van der Waals surface area contributed by atoms with Crippen LogP contribution in [-0.2, 0) is 3.74 Å². The zero-order chi connectivity index (χ0) is 12.5. The Labute approximate surface area is 91.3 Å². The average Bonchev–Trinajstić information content (AvgIpc) is 2.15. The summed E-state index contributed by atoms with van der Waals surface area (Å²) in [4.78, 5) is 20.0. The van der Waals surface area contributed by atoms with Crippen molar-refractivity contribution < 1.29 is 26.8 Å². The first kappa shape index (κ1) is 12.4. The standard InChI is InChI=1S/C7H6AsNO7/c10-7(11)4-1-2-5(8(12,13)14)6(3-4)9(15)16/h1-3H,(H,10,11)(H2,12,13,14). The predicted molar refractivity (Wildman–Crippen MR) is 50.6 cm³/mol. The molecule has 0 radical (unpaired) electrons. The molecule has 0 aliphatic rings. The topological polar surface area (TPSA) is 138 Å². The Morgan fingerprint density at radius 3 is 2.31 bits per heavy atom. The van der Waals surface area contributed by atoms with E-state index in [4.69, 9.17) is 13.3 Å². The van der Waals surface area contributed by atoms with Gasteiger partial charge in [0, 0.05) is 0 Å². The van der Waals surface area contributed by atoms with Crippen molar-refractivity contribution >= 4 is 30.2 Å². The Hall–Kier alpha value is -1.63. The fraction of sp³-hybridized carbons (Fsp3) is 0. The molecule has 8 nitrogen and oxygen atoms in total. The summed E-state index contributed by atoms with van der Waals surface area (Å²) in [5, 5.41) is 19.1. The maximum absolute atomic E-state index is 10.9. The zero-order valence-corrected chi connectivity index (χ0v) is 9.48. The number of aromatic carboxylic acids is 1. The van der Waals surface area contributed by atoms with Crippen LogP contribution >= 0.6 is 0 Å². The third kappa shape index (κ3) is 2.48. The van der Waals surface area contributed by atoms with Crippen LogP contribution in [0.25, 0.3) is 0 Å². The number of nitro groups is 1. The predicted octanol–water partition coefficient (Wildman–Crippen LogP) is -1.15. The Bertz CT molecular complexity index is 505. The van der Waals surface area contributed by atoms with Gasteiger partial charge >= 0.3 is 90.8 Å². The van der Waals surface area contributed by atoms with Crippen molar-refractivity contribution in [3.63, 3.8) is 0 Å². The molecule has 0 bridgehead atoms. The fourth-order valence-corrected chi connectivity index (χ4v) is 2.55. The number of carboxylic acids is 1. The SMILES string of the molecule is O=C(O)c1ccc([As](=O)(O)O)c([N+](=O)[O-])c1. The summed E-state index contributed by atoms with van der Waals surface area (Å²) in [5.74, 6) is -1.41. The molecule has 0 aliphatic heterocycles. The molecule has 0 amide bonds. The molecule has 3 N–H and O–H groups in total. The molecule has 0 fully saturated rings. The quantitative estimate of drug-likeness (QED) is 0.363. The minimum absolute atomic E-state index is 0.403. The first-order valence-corrected chi connectivity index (χ1v) is 7.19. The van der Waals surface area contributed by atoms with Crippen LogP contribution < -0.4 is 4.35 Å². The molecule has 0 saturated heterocycles.